The standard InChI is InChI=1S/C22H30ClN9/c1-15-5-7-16(8-6-15)19(24)31-20(25)28-13-3-2-4-14-29-21(26)32-22(27)30-18-11-9-17(23)10-12-18/h5-12H,2-4,13-14H2,1H3,(H4,24,25,28,31)(H5,26,27,29,30,32). The molecule has 2 rings (SSSR count). The number of nitrogens with zero attached hydrogens (tertiary/aromatic N) is 4. The second kappa shape index (κ2) is 13.0. The molecule has 0 fully saturated rings. The summed E-state index contributed by atoms with van der Waals surface area (Å²) < 4.78 is 0. The number of guanidine groups is 3. The molecule has 0 unspecified atom stereocenters. The van der Waals surface area contributed by atoms with Crippen LogP contribution in [0.2, 0.25) is 5.02 Å². The summed E-state index contributed by atoms with van der Waals surface area (Å²) in [4.78, 5) is 16.6. The maximum atomic E-state index is 5.96. The minimum atomic E-state index is 0.118. The molecule has 0 saturated carbocycles. The van der Waals surface area contributed by atoms with E-state index in [1.807, 2.05) is 31.2 Å². The van der Waals surface area contributed by atoms with Crippen LogP contribution in [-0.4, -0.2) is 36.8 Å². The highest BCUT2D eigenvalue weighted by atomic mass is 35.5. The van der Waals surface area contributed by atoms with Crippen molar-refractivity contribution in [3.63, 3.8) is 0 Å². The van der Waals surface area contributed by atoms with Gasteiger partial charge in [0.1, 0.15) is 5.84 Å². The van der Waals surface area contributed by atoms with Crippen molar-refractivity contribution in [1.82, 2.24) is 0 Å². The minimum absolute atomic E-state index is 0.118. The summed E-state index contributed by atoms with van der Waals surface area (Å²) in [5.41, 5.74) is 26.1. The van der Waals surface area contributed by atoms with Crippen molar-refractivity contribution in [3.8, 4) is 0 Å². The highest BCUT2D eigenvalue weighted by molar-refractivity contribution is 6.30. The number of unbranched alkanes of at least 4 members (excludes halogenated alkanes) is 2. The number of benzene rings is 2. The zero-order chi connectivity index (χ0) is 23.3. The number of anilines is 1. The van der Waals surface area contributed by atoms with Crippen LogP contribution in [0.1, 0.15) is 30.4 Å². The van der Waals surface area contributed by atoms with Gasteiger partial charge in [0.05, 0.1) is 0 Å². The van der Waals surface area contributed by atoms with Gasteiger partial charge in [-0.3, -0.25) is 9.98 Å². The Kier molecular flexibility index (Phi) is 9.99. The topological polar surface area (TPSA) is 166 Å². The first-order chi connectivity index (χ1) is 15.3. The number of nitrogens with two attached hydrogens (primary N) is 4. The smallest absolute Gasteiger partial charge is 0.218 e. The first-order valence-corrected chi connectivity index (χ1v) is 10.6. The van der Waals surface area contributed by atoms with Crippen molar-refractivity contribution in [2.24, 2.45) is 42.9 Å². The van der Waals surface area contributed by atoms with Gasteiger partial charge in [0, 0.05) is 29.4 Å². The molecule has 9 nitrogen and oxygen atoms in total. The summed E-state index contributed by atoms with van der Waals surface area (Å²) in [6, 6.07) is 14.8. The Morgan fingerprint density at radius 3 is 1.94 bits per heavy atom. The van der Waals surface area contributed by atoms with E-state index in [-0.39, 0.29) is 17.9 Å². The predicted octanol–water partition coefficient (Wildman–Crippen LogP) is 2.58. The third-order valence-corrected chi connectivity index (χ3v) is 4.55. The Hall–Kier alpha value is -3.59. The van der Waals surface area contributed by atoms with Crippen LogP contribution in [0.3, 0.4) is 0 Å². The number of aliphatic imine (C=N–C) groups is 4. The summed E-state index contributed by atoms with van der Waals surface area (Å²) in [5.74, 6) is 0.792. The van der Waals surface area contributed by atoms with Crippen LogP contribution in [0, 0.1) is 6.92 Å². The summed E-state index contributed by atoms with van der Waals surface area (Å²) >= 11 is 5.85. The van der Waals surface area contributed by atoms with Gasteiger partial charge < -0.3 is 28.3 Å². The van der Waals surface area contributed by atoms with Crippen LogP contribution in [0.15, 0.2) is 68.5 Å². The number of nitrogens with one attached hydrogen (secondary N) is 1. The summed E-state index contributed by atoms with van der Waals surface area (Å²) in [6.07, 6.45) is 2.59. The number of rotatable bonds is 8. The lowest BCUT2D eigenvalue weighted by Gasteiger charge is -2.05. The van der Waals surface area contributed by atoms with Gasteiger partial charge in [0.15, 0.2) is 0 Å². The molecule has 10 heteroatoms. The third kappa shape index (κ3) is 9.48. The van der Waals surface area contributed by atoms with E-state index < -0.39 is 0 Å². The molecule has 0 radical (unpaired) electrons. The summed E-state index contributed by atoms with van der Waals surface area (Å²) in [5, 5.41) is 3.56. The van der Waals surface area contributed by atoms with Crippen LogP contribution in [0.5, 0.6) is 0 Å². The second-order valence-electron chi connectivity index (χ2n) is 7.03. The van der Waals surface area contributed by atoms with Crippen LogP contribution in [0.4, 0.5) is 5.69 Å². The highest BCUT2D eigenvalue weighted by Gasteiger charge is 1.99. The zero-order valence-electron chi connectivity index (χ0n) is 18.1. The average molecular weight is 456 g/mol. The van der Waals surface area contributed by atoms with E-state index in [9.17, 15) is 0 Å². The van der Waals surface area contributed by atoms with E-state index in [1.54, 1.807) is 24.3 Å². The molecule has 0 heterocycles. The molecule has 0 atom stereocenters. The molecule has 0 saturated heterocycles. The van der Waals surface area contributed by atoms with Crippen molar-refractivity contribution in [2.75, 3.05) is 18.4 Å². The fraction of sp³-hybridized carbons (Fsp3) is 0.273. The average Bonchev–Trinajstić information content (AvgIpc) is 2.75. The van der Waals surface area contributed by atoms with Gasteiger partial charge in [-0.2, -0.15) is 9.98 Å². The van der Waals surface area contributed by atoms with E-state index in [4.69, 9.17) is 34.5 Å². The minimum Gasteiger partial charge on any atom is -0.383 e. The predicted molar refractivity (Wildman–Crippen MR) is 135 cm³/mol. The first-order valence-electron chi connectivity index (χ1n) is 10.2. The lowest BCUT2D eigenvalue weighted by atomic mass is 10.1. The number of halogens is 1. The molecule has 170 valence electrons. The Balaban J connectivity index is 1.68. The molecule has 2 aromatic carbocycles. The van der Waals surface area contributed by atoms with Crippen LogP contribution < -0.4 is 28.3 Å². The Morgan fingerprint density at radius 1 is 0.781 bits per heavy atom. The molecule has 9 N–H and O–H groups in total. The van der Waals surface area contributed by atoms with Gasteiger partial charge in [-0.1, -0.05) is 41.4 Å². The summed E-state index contributed by atoms with van der Waals surface area (Å²) in [6.45, 7) is 3.11. The van der Waals surface area contributed by atoms with E-state index in [1.165, 1.54) is 0 Å². The van der Waals surface area contributed by atoms with E-state index in [0.717, 1.165) is 36.1 Å². The fourth-order valence-corrected chi connectivity index (χ4v) is 2.73. The second-order valence-corrected chi connectivity index (χ2v) is 7.47. The molecule has 0 spiro atoms. The monoisotopic (exact) mass is 455 g/mol. The number of hydrogen-bond donors (Lipinski definition) is 5. The first kappa shape index (κ1) is 24.7. The van der Waals surface area contributed by atoms with Gasteiger partial charge in [0.25, 0.3) is 0 Å². The molecule has 0 bridgehead atoms. The molecule has 2 aromatic rings. The highest BCUT2D eigenvalue weighted by Crippen LogP contribution is 2.12. The third-order valence-electron chi connectivity index (χ3n) is 4.30. The molecule has 0 aromatic heterocycles. The maximum absolute atomic E-state index is 5.96. The molecule has 0 aliphatic heterocycles. The molecular weight excluding hydrogens is 426 g/mol. The molecule has 0 aliphatic carbocycles. The molecule has 0 amide bonds. The maximum Gasteiger partial charge on any atom is 0.218 e. The Labute approximate surface area is 193 Å². The van der Waals surface area contributed by atoms with Crippen molar-refractivity contribution in [2.45, 2.75) is 26.2 Å². The van der Waals surface area contributed by atoms with E-state index in [2.05, 4.69) is 25.3 Å². The van der Waals surface area contributed by atoms with Crippen molar-refractivity contribution >= 4 is 41.0 Å². The summed E-state index contributed by atoms with van der Waals surface area (Å²) in [7, 11) is 0. The quantitative estimate of drug-likeness (QED) is 0.234. The van der Waals surface area contributed by atoms with Gasteiger partial charge in [0.2, 0.25) is 17.9 Å². The van der Waals surface area contributed by atoms with Crippen molar-refractivity contribution in [3.05, 3.63) is 64.7 Å². The van der Waals surface area contributed by atoms with Crippen molar-refractivity contribution < 1.29 is 0 Å². The van der Waals surface area contributed by atoms with E-state index in [0.29, 0.717) is 23.9 Å². The molecule has 0 aliphatic rings. The van der Waals surface area contributed by atoms with Gasteiger partial charge in [-0.05, 0) is 50.5 Å². The largest absolute Gasteiger partial charge is 0.383 e. The number of amidine groups is 1. The fourth-order valence-electron chi connectivity index (χ4n) is 2.60. The number of aryl methyl sites for hydroxylation is 1. The van der Waals surface area contributed by atoms with Crippen LogP contribution in [-0.2, 0) is 0 Å². The van der Waals surface area contributed by atoms with Crippen LogP contribution >= 0.6 is 11.6 Å². The molecule has 32 heavy (non-hydrogen) atoms. The van der Waals surface area contributed by atoms with E-state index >= 15 is 0 Å². The van der Waals surface area contributed by atoms with Crippen molar-refractivity contribution in [1.29, 1.82) is 0 Å². The Morgan fingerprint density at radius 2 is 1.34 bits per heavy atom. The van der Waals surface area contributed by atoms with Gasteiger partial charge in [-0.15, -0.1) is 0 Å². The normalized spacial score (nSPS) is 13.3. The van der Waals surface area contributed by atoms with Gasteiger partial charge >= 0.3 is 0 Å². The van der Waals surface area contributed by atoms with Gasteiger partial charge in [-0.25, -0.2) is 0 Å². The number of hydrogen-bond acceptors (Lipinski definition) is 2. The SMILES string of the molecule is Cc1ccc(C(N)=NC(N)=NCCCCCN=C(N)N=C(N)Nc2ccc(Cl)cc2)cc1. The lowest BCUT2D eigenvalue weighted by molar-refractivity contribution is 0.695. The molecular formula is C22H30ClN9. The van der Waals surface area contributed by atoms with Crippen LogP contribution in [0.25, 0.3) is 0 Å². The zero-order valence-corrected chi connectivity index (χ0v) is 18.9. The Bertz CT molecular complexity index is 977. The lowest BCUT2D eigenvalue weighted by Crippen LogP contribution is -2.26.